The fourth-order valence-electron chi connectivity index (χ4n) is 2.87. The van der Waals surface area contributed by atoms with Gasteiger partial charge >= 0.3 is 0 Å². The number of phenolic OH excluding ortho intramolecular Hbond substituents is 2. The Morgan fingerprint density at radius 3 is 2.73 bits per heavy atom. The van der Waals surface area contributed by atoms with E-state index in [0.717, 1.165) is 6.08 Å². The SMILES string of the molecule is C=C(NC(=O)CCN1Oc2cnn(C)c2-c2cc(O)c(O)cc21)/C(F)=C\C(F)=C/C. The van der Waals surface area contributed by atoms with E-state index in [1.807, 2.05) is 0 Å². The summed E-state index contributed by atoms with van der Waals surface area (Å²) in [5.74, 6) is -2.64. The summed E-state index contributed by atoms with van der Waals surface area (Å²) in [6.45, 7) is 4.81. The Hall–Kier alpha value is -3.82. The highest BCUT2D eigenvalue weighted by Gasteiger charge is 2.29. The summed E-state index contributed by atoms with van der Waals surface area (Å²) < 4.78 is 28.5. The fourth-order valence-corrected chi connectivity index (χ4v) is 2.87. The lowest BCUT2D eigenvalue weighted by molar-refractivity contribution is -0.120. The number of allylic oxidation sites excluding steroid dienone is 4. The number of aromatic hydroxyl groups is 2. The fraction of sp³-hybridized carbons (Fsp3) is 0.200. The zero-order valence-electron chi connectivity index (χ0n) is 16.3. The molecule has 3 rings (SSSR count). The van der Waals surface area contributed by atoms with E-state index in [1.54, 1.807) is 11.7 Å². The number of halogens is 2. The smallest absolute Gasteiger partial charge is 0.226 e. The quantitative estimate of drug-likeness (QED) is 0.491. The molecule has 2 aromatic rings. The van der Waals surface area contributed by atoms with Crippen LogP contribution in [0.25, 0.3) is 11.3 Å². The molecule has 0 spiro atoms. The first-order chi connectivity index (χ1) is 14.2. The van der Waals surface area contributed by atoms with Crippen LogP contribution < -0.4 is 15.2 Å². The number of anilines is 1. The number of hydrogen-bond acceptors (Lipinski definition) is 6. The molecule has 1 aliphatic heterocycles. The van der Waals surface area contributed by atoms with E-state index in [1.165, 1.54) is 30.3 Å². The number of nitrogens with one attached hydrogen (secondary N) is 1. The first kappa shape index (κ1) is 20.9. The Balaban J connectivity index is 1.74. The summed E-state index contributed by atoms with van der Waals surface area (Å²) in [7, 11) is 1.70. The summed E-state index contributed by atoms with van der Waals surface area (Å²) in [5, 5.41) is 27.5. The van der Waals surface area contributed by atoms with Gasteiger partial charge in [0.1, 0.15) is 17.3 Å². The molecule has 10 heteroatoms. The number of phenols is 2. The van der Waals surface area contributed by atoms with E-state index >= 15 is 0 Å². The minimum absolute atomic E-state index is 0.0270. The third kappa shape index (κ3) is 4.12. The topological polar surface area (TPSA) is 99.9 Å². The maximum absolute atomic E-state index is 13.8. The maximum atomic E-state index is 13.8. The van der Waals surface area contributed by atoms with Gasteiger partial charge in [-0.25, -0.2) is 13.8 Å². The van der Waals surface area contributed by atoms with Gasteiger partial charge in [0, 0.05) is 31.2 Å². The van der Waals surface area contributed by atoms with E-state index in [9.17, 15) is 23.8 Å². The van der Waals surface area contributed by atoms with Crippen LogP contribution in [0.4, 0.5) is 14.5 Å². The number of carbonyl (C=O) groups excluding carboxylic acids is 1. The first-order valence-corrected chi connectivity index (χ1v) is 8.93. The molecule has 1 aliphatic rings. The summed E-state index contributed by atoms with van der Waals surface area (Å²) in [4.78, 5) is 17.9. The molecule has 0 saturated carbocycles. The molecule has 0 saturated heterocycles. The van der Waals surface area contributed by atoms with E-state index < -0.39 is 17.6 Å². The third-order valence-corrected chi connectivity index (χ3v) is 4.39. The lowest BCUT2D eigenvalue weighted by Gasteiger charge is -2.30. The monoisotopic (exact) mass is 418 g/mol. The Morgan fingerprint density at radius 2 is 2.03 bits per heavy atom. The Morgan fingerprint density at radius 1 is 1.33 bits per heavy atom. The van der Waals surface area contributed by atoms with Gasteiger partial charge in [0.05, 0.1) is 24.1 Å². The molecule has 0 bridgehead atoms. The number of benzene rings is 1. The van der Waals surface area contributed by atoms with Crippen LogP contribution in [-0.4, -0.2) is 32.4 Å². The molecule has 158 valence electrons. The van der Waals surface area contributed by atoms with Crippen molar-refractivity contribution in [3.05, 3.63) is 54.4 Å². The predicted octanol–water partition coefficient (Wildman–Crippen LogP) is 3.36. The standard InChI is InChI=1S/C20H20F2N4O4/c1-4-12(21)7-14(22)11(2)24-19(29)5-6-26-15-9-17(28)16(27)8-13(15)20-18(30-26)10-23-25(20)3/h4,7-10,27-28H,2,5-6H2,1,3H3,(H,24,29)/b12-4+,14-7+. The summed E-state index contributed by atoms with van der Waals surface area (Å²) in [6, 6.07) is 2.68. The predicted molar refractivity (Wildman–Crippen MR) is 106 cm³/mol. The van der Waals surface area contributed by atoms with Crippen molar-refractivity contribution in [2.24, 2.45) is 7.05 Å². The van der Waals surface area contributed by atoms with Crippen molar-refractivity contribution in [3.63, 3.8) is 0 Å². The van der Waals surface area contributed by atoms with Crippen molar-refractivity contribution in [1.82, 2.24) is 15.1 Å². The lowest BCUT2D eigenvalue weighted by atomic mass is 10.1. The molecule has 1 aromatic heterocycles. The zero-order valence-corrected chi connectivity index (χ0v) is 16.3. The molecule has 1 amide bonds. The third-order valence-electron chi connectivity index (χ3n) is 4.39. The molecule has 8 nitrogen and oxygen atoms in total. The molecular weight excluding hydrogens is 398 g/mol. The van der Waals surface area contributed by atoms with Gasteiger partial charge in [0.15, 0.2) is 11.5 Å². The van der Waals surface area contributed by atoms with E-state index in [2.05, 4.69) is 17.0 Å². The number of amides is 1. The lowest BCUT2D eigenvalue weighted by Crippen LogP contribution is -2.34. The minimum atomic E-state index is -1.00. The van der Waals surface area contributed by atoms with Crippen molar-refractivity contribution in [3.8, 4) is 28.5 Å². The molecule has 0 unspecified atom stereocenters. The normalized spacial score (nSPS) is 13.4. The van der Waals surface area contributed by atoms with Crippen LogP contribution in [0.15, 0.2) is 54.4 Å². The second kappa shape index (κ2) is 8.27. The summed E-state index contributed by atoms with van der Waals surface area (Å²) in [6.07, 6.45) is 3.04. The van der Waals surface area contributed by atoms with Gasteiger partial charge < -0.3 is 20.4 Å². The van der Waals surface area contributed by atoms with Gasteiger partial charge in [-0.2, -0.15) is 5.10 Å². The highest BCUT2D eigenvalue weighted by atomic mass is 19.1. The van der Waals surface area contributed by atoms with Gasteiger partial charge in [-0.3, -0.25) is 9.48 Å². The number of hydrogen-bond donors (Lipinski definition) is 3. The number of fused-ring (bicyclic) bond motifs is 3. The van der Waals surface area contributed by atoms with Gasteiger partial charge in [-0.1, -0.05) is 12.7 Å². The van der Waals surface area contributed by atoms with Crippen LogP contribution in [0, 0.1) is 0 Å². The Kier molecular flexibility index (Phi) is 5.77. The highest BCUT2D eigenvalue weighted by molar-refractivity contribution is 5.85. The molecule has 0 fully saturated rings. The second-order valence-corrected chi connectivity index (χ2v) is 6.48. The number of nitrogens with zero attached hydrogens (tertiary/aromatic N) is 3. The second-order valence-electron chi connectivity index (χ2n) is 6.48. The molecule has 2 heterocycles. The molecule has 3 N–H and O–H groups in total. The van der Waals surface area contributed by atoms with E-state index in [-0.39, 0.29) is 30.2 Å². The number of rotatable bonds is 6. The minimum Gasteiger partial charge on any atom is -0.504 e. The van der Waals surface area contributed by atoms with Crippen LogP contribution in [0.1, 0.15) is 13.3 Å². The van der Waals surface area contributed by atoms with E-state index in [4.69, 9.17) is 4.84 Å². The molecule has 1 aromatic carbocycles. The number of aryl methyl sites for hydroxylation is 1. The summed E-state index contributed by atoms with van der Waals surface area (Å²) >= 11 is 0. The number of aromatic nitrogens is 2. The average Bonchev–Trinajstić information content (AvgIpc) is 3.07. The molecular formula is C20H20F2N4O4. The van der Waals surface area contributed by atoms with Crippen LogP contribution in [0.3, 0.4) is 0 Å². The van der Waals surface area contributed by atoms with Crippen molar-refractivity contribution in [2.45, 2.75) is 13.3 Å². The Bertz CT molecular complexity index is 1070. The molecule has 30 heavy (non-hydrogen) atoms. The van der Waals surface area contributed by atoms with Crippen molar-refractivity contribution < 1.29 is 28.6 Å². The Labute approximate surface area is 170 Å². The van der Waals surface area contributed by atoms with Gasteiger partial charge in [-0.15, -0.1) is 0 Å². The van der Waals surface area contributed by atoms with Gasteiger partial charge in [0.2, 0.25) is 11.7 Å². The molecule has 0 aliphatic carbocycles. The summed E-state index contributed by atoms with van der Waals surface area (Å²) in [5.41, 5.74) is 1.18. The highest BCUT2D eigenvalue weighted by Crippen LogP contribution is 2.46. The first-order valence-electron chi connectivity index (χ1n) is 8.93. The van der Waals surface area contributed by atoms with Gasteiger partial charge in [0.25, 0.3) is 0 Å². The number of carbonyl (C=O) groups is 1. The number of hydroxylamine groups is 1. The van der Waals surface area contributed by atoms with Crippen molar-refractivity contribution >= 4 is 11.6 Å². The maximum Gasteiger partial charge on any atom is 0.226 e. The average molecular weight is 418 g/mol. The van der Waals surface area contributed by atoms with Crippen LogP contribution in [0.2, 0.25) is 0 Å². The van der Waals surface area contributed by atoms with Gasteiger partial charge in [-0.05, 0) is 13.0 Å². The van der Waals surface area contributed by atoms with Crippen LogP contribution in [0.5, 0.6) is 17.2 Å². The van der Waals surface area contributed by atoms with Crippen LogP contribution >= 0.6 is 0 Å². The van der Waals surface area contributed by atoms with Crippen molar-refractivity contribution in [2.75, 3.05) is 11.6 Å². The van der Waals surface area contributed by atoms with Crippen LogP contribution in [-0.2, 0) is 11.8 Å². The molecule has 0 radical (unpaired) electrons. The van der Waals surface area contributed by atoms with Crippen molar-refractivity contribution in [1.29, 1.82) is 0 Å². The van der Waals surface area contributed by atoms with E-state index in [0.29, 0.717) is 28.8 Å². The molecule has 0 atom stereocenters. The zero-order chi connectivity index (χ0) is 22.0. The largest absolute Gasteiger partial charge is 0.504 e.